The van der Waals surface area contributed by atoms with Crippen LogP contribution in [0.1, 0.15) is 19.8 Å². The third-order valence-corrected chi connectivity index (χ3v) is 2.02. The van der Waals surface area contributed by atoms with Gasteiger partial charge < -0.3 is 5.32 Å². The molecule has 64 valence electrons. The molecule has 0 spiro atoms. The smallest absolute Gasteiger partial charge is 0.00484 e. The van der Waals surface area contributed by atoms with Gasteiger partial charge >= 0.3 is 0 Å². The molecule has 1 unspecified atom stereocenters. The van der Waals surface area contributed by atoms with Gasteiger partial charge in [0.15, 0.2) is 0 Å². The second-order valence-corrected chi connectivity index (χ2v) is 3.58. The lowest BCUT2D eigenvalue weighted by molar-refractivity contribution is 0.857. The Hall–Kier alpha value is 0.870. The van der Waals surface area contributed by atoms with E-state index in [4.69, 9.17) is 0 Å². The molecule has 1 heterocycles. The van der Waals surface area contributed by atoms with Crippen LogP contribution in [0.2, 0.25) is 0 Å². The van der Waals surface area contributed by atoms with E-state index in [2.05, 4.69) is 18.9 Å². The molecule has 0 saturated carbocycles. The van der Waals surface area contributed by atoms with Gasteiger partial charge in [0.05, 0.1) is 0 Å². The van der Waals surface area contributed by atoms with Crippen molar-refractivity contribution in [2.75, 3.05) is 25.9 Å². The Kier molecular flexibility index (Phi) is 16.9. The fraction of sp³-hybridized carbons (Fsp3) is 1.00. The quantitative estimate of drug-likeness (QED) is 0.679. The zero-order chi connectivity index (χ0) is 6.95. The first kappa shape index (κ1) is 13.5. The molecule has 0 bridgehead atoms. The monoisotopic (exact) mass is 227 g/mol. The van der Waals surface area contributed by atoms with Crippen LogP contribution in [0.4, 0.5) is 0 Å². The third kappa shape index (κ3) is 11.6. The van der Waals surface area contributed by atoms with Gasteiger partial charge in [0.1, 0.15) is 0 Å². The highest BCUT2D eigenvalue weighted by molar-refractivity contribution is 8.93. The number of hydrogen-bond donors (Lipinski definition) is 1. The molecule has 0 aromatic heterocycles. The average Bonchev–Trinajstić information content (AvgIpc) is 2.43. The molecule has 0 aliphatic carbocycles. The van der Waals surface area contributed by atoms with Gasteiger partial charge in [0.25, 0.3) is 0 Å². The summed E-state index contributed by atoms with van der Waals surface area (Å²) < 4.78 is 0. The third-order valence-electron chi connectivity index (χ3n) is 1.31. The van der Waals surface area contributed by atoms with Crippen molar-refractivity contribution in [3.8, 4) is 0 Å². The molecule has 0 radical (unpaired) electrons. The van der Waals surface area contributed by atoms with Crippen LogP contribution in [0.15, 0.2) is 0 Å². The molecule has 3 heteroatoms. The van der Waals surface area contributed by atoms with Crippen molar-refractivity contribution < 1.29 is 0 Å². The van der Waals surface area contributed by atoms with Gasteiger partial charge in [-0.2, -0.15) is 0 Å². The minimum atomic E-state index is 0. The van der Waals surface area contributed by atoms with Crippen LogP contribution in [0.3, 0.4) is 0 Å². The summed E-state index contributed by atoms with van der Waals surface area (Å²) in [6, 6.07) is 0. The highest BCUT2D eigenvalue weighted by Gasteiger charge is 1.93. The van der Waals surface area contributed by atoms with Gasteiger partial charge in [-0.1, -0.05) is 6.92 Å². The Morgan fingerprint density at radius 3 is 1.80 bits per heavy atom. The zero-order valence-electron chi connectivity index (χ0n) is 6.94. The van der Waals surface area contributed by atoms with E-state index >= 15 is 0 Å². The van der Waals surface area contributed by atoms with Crippen molar-refractivity contribution in [1.82, 2.24) is 5.32 Å². The summed E-state index contributed by atoms with van der Waals surface area (Å²) in [5.41, 5.74) is 0. The predicted molar refractivity (Wildman–Crippen MR) is 57.2 cm³/mol. The molecule has 1 fully saturated rings. The number of hydrogen-bond acceptors (Lipinski definition) is 1. The van der Waals surface area contributed by atoms with E-state index in [1.165, 1.54) is 32.1 Å². The van der Waals surface area contributed by atoms with Crippen molar-refractivity contribution in [1.29, 1.82) is 0 Å². The second-order valence-electron chi connectivity index (χ2n) is 2.16. The maximum Gasteiger partial charge on any atom is -0.00484 e. The standard InChI is InChI=1S/C4H9N.C3H9P.BrH/c1-2-4-5-3-1;1-3-4-2;/h5H,1-4H2;4H,3H2,1-2H3;1H. The van der Waals surface area contributed by atoms with E-state index in [0.29, 0.717) is 0 Å². The van der Waals surface area contributed by atoms with E-state index in [0.717, 1.165) is 8.58 Å². The maximum absolute atomic E-state index is 3.22. The highest BCUT2D eigenvalue weighted by Crippen LogP contribution is 1.95. The molecule has 1 atom stereocenters. The predicted octanol–water partition coefficient (Wildman–Crippen LogP) is 2.26. The van der Waals surface area contributed by atoms with Crippen LogP contribution in [-0.2, 0) is 0 Å². The SMILES string of the molecule is Br.C1CCNC1.CCPC. The Balaban J connectivity index is 0. The van der Waals surface area contributed by atoms with Crippen LogP contribution >= 0.6 is 25.6 Å². The van der Waals surface area contributed by atoms with E-state index in [-0.39, 0.29) is 17.0 Å². The Bertz CT molecular complexity index is 39.3. The summed E-state index contributed by atoms with van der Waals surface area (Å²) in [5.74, 6) is 0. The molecule has 1 nitrogen and oxygen atoms in total. The summed E-state index contributed by atoms with van der Waals surface area (Å²) in [4.78, 5) is 0. The minimum Gasteiger partial charge on any atom is -0.317 e. The van der Waals surface area contributed by atoms with Crippen molar-refractivity contribution in [2.24, 2.45) is 0 Å². The molecular weight excluding hydrogens is 209 g/mol. The van der Waals surface area contributed by atoms with E-state index in [9.17, 15) is 0 Å². The van der Waals surface area contributed by atoms with E-state index in [1.807, 2.05) is 0 Å². The zero-order valence-corrected chi connectivity index (χ0v) is 9.66. The van der Waals surface area contributed by atoms with Gasteiger partial charge in [0, 0.05) is 0 Å². The van der Waals surface area contributed by atoms with Crippen molar-refractivity contribution >= 4 is 25.6 Å². The van der Waals surface area contributed by atoms with Gasteiger partial charge in [-0.25, -0.2) is 0 Å². The van der Waals surface area contributed by atoms with Gasteiger partial charge in [0.2, 0.25) is 0 Å². The summed E-state index contributed by atoms with van der Waals surface area (Å²) in [6.07, 6.45) is 4.12. The van der Waals surface area contributed by atoms with Crippen LogP contribution in [0, 0.1) is 0 Å². The topological polar surface area (TPSA) is 12.0 Å². The van der Waals surface area contributed by atoms with Gasteiger partial charge in [-0.3, -0.25) is 0 Å². The summed E-state index contributed by atoms with van der Waals surface area (Å²) >= 11 is 0. The summed E-state index contributed by atoms with van der Waals surface area (Å²) in [5, 5.41) is 3.22. The first-order valence-electron chi connectivity index (χ1n) is 3.77. The second kappa shape index (κ2) is 12.5. The largest absolute Gasteiger partial charge is 0.317 e. The van der Waals surface area contributed by atoms with Crippen LogP contribution in [0.5, 0.6) is 0 Å². The summed E-state index contributed by atoms with van der Waals surface area (Å²) in [7, 11) is 1.14. The Morgan fingerprint density at radius 1 is 1.30 bits per heavy atom. The minimum absolute atomic E-state index is 0. The number of nitrogens with one attached hydrogen (secondary N) is 1. The fourth-order valence-electron chi connectivity index (χ4n) is 0.625. The van der Waals surface area contributed by atoms with Crippen molar-refractivity contribution in [3.63, 3.8) is 0 Å². The normalized spacial score (nSPS) is 16.2. The molecule has 0 aromatic rings. The van der Waals surface area contributed by atoms with Crippen LogP contribution < -0.4 is 5.32 Å². The molecule has 0 amide bonds. The van der Waals surface area contributed by atoms with E-state index < -0.39 is 0 Å². The van der Waals surface area contributed by atoms with E-state index in [1.54, 1.807) is 0 Å². The average molecular weight is 228 g/mol. The molecule has 1 saturated heterocycles. The van der Waals surface area contributed by atoms with Crippen molar-refractivity contribution in [2.45, 2.75) is 19.8 Å². The molecule has 0 aromatic carbocycles. The van der Waals surface area contributed by atoms with Gasteiger partial charge in [-0.15, -0.1) is 25.6 Å². The Morgan fingerprint density at radius 2 is 1.70 bits per heavy atom. The number of rotatable bonds is 1. The molecular formula is C7H19BrNP. The highest BCUT2D eigenvalue weighted by atomic mass is 79.9. The lowest BCUT2D eigenvalue weighted by Gasteiger charge is -1.76. The lowest BCUT2D eigenvalue weighted by Crippen LogP contribution is -2.03. The Labute approximate surface area is 76.9 Å². The first-order valence-corrected chi connectivity index (χ1v) is 5.47. The van der Waals surface area contributed by atoms with Crippen molar-refractivity contribution in [3.05, 3.63) is 0 Å². The summed E-state index contributed by atoms with van der Waals surface area (Å²) in [6.45, 7) is 6.90. The molecule has 1 aliphatic rings. The lowest BCUT2D eigenvalue weighted by atomic mass is 10.4. The van der Waals surface area contributed by atoms with Gasteiger partial charge in [-0.05, 0) is 38.8 Å². The molecule has 1 aliphatic heterocycles. The van der Waals surface area contributed by atoms with Crippen LogP contribution in [0.25, 0.3) is 0 Å². The molecule has 1 rings (SSSR count). The maximum atomic E-state index is 3.22. The molecule has 10 heavy (non-hydrogen) atoms. The fourth-order valence-corrected chi connectivity index (χ4v) is 0.625. The van der Waals surface area contributed by atoms with Crippen LogP contribution in [-0.4, -0.2) is 25.9 Å². The number of halogens is 1. The molecule has 1 N–H and O–H groups in total. The first-order chi connectivity index (χ1) is 4.41.